The van der Waals surface area contributed by atoms with Crippen LogP contribution in [-0.4, -0.2) is 40.5 Å². The molecule has 5 nitrogen and oxygen atoms in total. The molecule has 0 fully saturated rings. The van der Waals surface area contributed by atoms with E-state index >= 15 is 0 Å². The van der Waals surface area contributed by atoms with Gasteiger partial charge in [0, 0.05) is 17.8 Å². The molecule has 0 radical (unpaired) electrons. The first-order valence-corrected chi connectivity index (χ1v) is 7.04. The van der Waals surface area contributed by atoms with Gasteiger partial charge in [0.05, 0.1) is 12.1 Å². The van der Waals surface area contributed by atoms with Crippen LogP contribution in [0.3, 0.4) is 0 Å². The lowest BCUT2D eigenvalue weighted by molar-refractivity contribution is 0.0501. The molecular formula is C16H24N2O3. The van der Waals surface area contributed by atoms with E-state index in [1.54, 1.807) is 32.0 Å². The summed E-state index contributed by atoms with van der Waals surface area (Å²) in [6.45, 7) is 9.28. The number of anilines is 1. The molecule has 1 aromatic carbocycles. The topological polar surface area (TPSA) is 69.6 Å². The Kier molecular flexibility index (Phi) is 5.49. The van der Waals surface area contributed by atoms with Crippen molar-refractivity contribution >= 4 is 17.5 Å². The zero-order valence-electron chi connectivity index (χ0n) is 13.4. The van der Waals surface area contributed by atoms with Gasteiger partial charge in [0.15, 0.2) is 5.78 Å². The van der Waals surface area contributed by atoms with Crippen LogP contribution in [0.25, 0.3) is 0 Å². The molecular weight excluding hydrogens is 268 g/mol. The molecule has 2 amide bonds. The van der Waals surface area contributed by atoms with Crippen LogP contribution in [0.1, 0.15) is 43.6 Å². The SMILES string of the molecule is CCN(CC(C)(C)O)C(=O)Nc1ccc(C(C)=O)c(C)c1. The third-order valence-electron chi connectivity index (χ3n) is 3.10. The number of hydrogen-bond donors (Lipinski definition) is 2. The zero-order chi connectivity index (χ0) is 16.2. The van der Waals surface area contributed by atoms with Gasteiger partial charge >= 0.3 is 6.03 Å². The van der Waals surface area contributed by atoms with Crippen LogP contribution in [0.4, 0.5) is 10.5 Å². The number of carbonyl (C=O) groups is 2. The maximum atomic E-state index is 12.2. The first kappa shape index (κ1) is 17.2. The highest BCUT2D eigenvalue weighted by Gasteiger charge is 2.21. The lowest BCUT2D eigenvalue weighted by atomic mass is 10.0. The highest BCUT2D eigenvalue weighted by molar-refractivity contribution is 5.96. The van der Waals surface area contributed by atoms with Crippen molar-refractivity contribution in [2.75, 3.05) is 18.4 Å². The van der Waals surface area contributed by atoms with E-state index in [2.05, 4.69) is 5.32 Å². The van der Waals surface area contributed by atoms with Gasteiger partial charge in [-0.15, -0.1) is 0 Å². The second-order valence-electron chi connectivity index (χ2n) is 5.84. The smallest absolute Gasteiger partial charge is 0.321 e. The molecule has 0 aliphatic carbocycles. The standard InChI is InChI=1S/C16H24N2O3/c1-6-18(10-16(4,5)21)15(20)17-13-7-8-14(12(3)19)11(2)9-13/h7-9,21H,6,10H2,1-5H3,(H,17,20). The number of carbonyl (C=O) groups excluding carboxylic acids is 2. The molecule has 0 unspecified atom stereocenters. The lowest BCUT2D eigenvalue weighted by Gasteiger charge is -2.28. The van der Waals surface area contributed by atoms with Crippen molar-refractivity contribution in [3.8, 4) is 0 Å². The molecule has 0 heterocycles. The van der Waals surface area contributed by atoms with Crippen LogP contribution in [-0.2, 0) is 0 Å². The summed E-state index contributed by atoms with van der Waals surface area (Å²) in [4.78, 5) is 25.1. The highest BCUT2D eigenvalue weighted by Crippen LogP contribution is 2.16. The molecule has 2 N–H and O–H groups in total. The van der Waals surface area contributed by atoms with E-state index in [1.807, 2.05) is 13.8 Å². The number of nitrogens with zero attached hydrogens (tertiary/aromatic N) is 1. The van der Waals surface area contributed by atoms with Crippen LogP contribution >= 0.6 is 0 Å². The summed E-state index contributed by atoms with van der Waals surface area (Å²) in [6.07, 6.45) is 0. The molecule has 0 spiro atoms. The van der Waals surface area contributed by atoms with Crippen molar-refractivity contribution in [2.24, 2.45) is 0 Å². The Morgan fingerprint density at radius 1 is 1.33 bits per heavy atom. The van der Waals surface area contributed by atoms with Gasteiger partial charge in [0.1, 0.15) is 0 Å². The summed E-state index contributed by atoms with van der Waals surface area (Å²) in [5.74, 6) is 0.00240. The number of amides is 2. The van der Waals surface area contributed by atoms with Gasteiger partial charge in [0.2, 0.25) is 0 Å². The van der Waals surface area contributed by atoms with Crippen LogP contribution in [0, 0.1) is 6.92 Å². The number of hydrogen-bond acceptors (Lipinski definition) is 3. The molecule has 1 aromatic rings. The van der Waals surface area contributed by atoms with E-state index in [0.29, 0.717) is 17.8 Å². The fourth-order valence-electron chi connectivity index (χ4n) is 2.13. The lowest BCUT2D eigenvalue weighted by Crippen LogP contribution is -2.44. The van der Waals surface area contributed by atoms with Crippen molar-refractivity contribution in [1.82, 2.24) is 4.90 Å². The Morgan fingerprint density at radius 3 is 2.38 bits per heavy atom. The fourth-order valence-corrected chi connectivity index (χ4v) is 2.13. The summed E-state index contributed by atoms with van der Waals surface area (Å²) in [5, 5.41) is 12.6. The summed E-state index contributed by atoms with van der Waals surface area (Å²) >= 11 is 0. The minimum Gasteiger partial charge on any atom is -0.389 e. The minimum absolute atomic E-state index is 0.00240. The maximum absolute atomic E-state index is 12.2. The number of benzene rings is 1. The van der Waals surface area contributed by atoms with Crippen LogP contribution in [0.2, 0.25) is 0 Å². The highest BCUT2D eigenvalue weighted by atomic mass is 16.3. The van der Waals surface area contributed by atoms with Crippen LogP contribution < -0.4 is 5.32 Å². The van der Waals surface area contributed by atoms with Gasteiger partial charge in [0.25, 0.3) is 0 Å². The molecule has 21 heavy (non-hydrogen) atoms. The van der Waals surface area contributed by atoms with Gasteiger partial charge in [-0.1, -0.05) is 0 Å². The number of likely N-dealkylation sites (N-methyl/N-ethyl adjacent to an activating group) is 1. The quantitative estimate of drug-likeness (QED) is 0.820. The van der Waals surface area contributed by atoms with Crippen LogP contribution in [0.15, 0.2) is 18.2 Å². The first-order chi connectivity index (χ1) is 9.64. The third-order valence-corrected chi connectivity index (χ3v) is 3.10. The number of aliphatic hydroxyl groups is 1. The van der Waals surface area contributed by atoms with E-state index in [1.165, 1.54) is 11.8 Å². The van der Waals surface area contributed by atoms with E-state index in [-0.39, 0.29) is 18.4 Å². The van der Waals surface area contributed by atoms with Crippen LogP contribution in [0.5, 0.6) is 0 Å². The van der Waals surface area contributed by atoms with Crippen molar-refractivity contribution in [3.05, 3.63) is 29.3 Å². The van der Waals surface area contributed by atoms with Gasteiger partial charge in [-0.3, -0.25) is 4.79 Å². The molecule has 0 aliphatic heterocycles. The molecule has 0 aliphatic rings. The molecule has 0 saturated carbocycles. The Balaban J connectivity index is 2.82. The maximum Gasteiger partial charge on any atom is 0.321 e. The average Bonchev–Trinajstić information content (AvgIpc) is 2.34. The summed E-state index contributed by atoms with van der Waals surface area (Å²) < 4.78 is 0. The second kappa shape index (κ2) is 6.72. The number of ketones is 1. The summed E-state index contributed by atoms with van der Waals surface area (Å²) in [7, 11) is 0. The van der Waals surface area contributed by atoms with E-state index in [0.717, 1.165) is 5.56 Å². The monoisotopic (exact) mass is 292 g/mol. The summed E-state index contributed by atoms with van der Waals surface area (Å²) in [5.41, 5.74) is 1.17. The Hall–Kier alpha value is -1.88. The van der Waals surface area contributed by atoms with Crippen molar-refractivity contribution in [3.63, 3.8) is 0 Å². The number of aryl methyl sites for hydroxylation is 1. The fraction of sp³-hybridized carbons (Fsp3) is 0.500. The predicted molar refractivity (Wildman–Crippen MR) is 83.7 cm³/mol. The normalized spacial score (nSPS) is 11.1. The number of Topliss-reactive ketones (excluding diaryl/α,β-unsaturated/α-hetero) is 1. The number of nitrogens with one attached hydrogen (secondary N) is 1. The average molecular weight is 292 g/mol. The molecule has 5 heteroatoms. The van der Waals surface area contributed by atoms with E-state index < -0.39 is 5.60 Å². The van der Waals surface area contributed by atoms with Gasteiger partial charge in [-0.25, -0.2) is 4.79 Å². The van der Waals surface area contributed by atoms with E-state index in [4.69, 9.17) is 0 Å². The molecule has 116 valence electrons. The molecule has 0 aromatic heterocycles. The minimum atomic E-state index is -0.943. The van der Waals surface area contributed by atoms with E-state index in [9.17, 15) is 14.7 Å². The molecule has 0 saturated heterocycles. The Morgan fingerprint density at radius 2 is 1.95 bits per heavy atom. The molecule has 0 atom stereocenters. The molecule has 0 bridgehead atoms. The summed E-state index contributed by atoms with van der Waals surface area (Å²) in [6, 6.07) is 4.92. The number of urea groups is 1. The number of rotatable bonds is 5. The zero-order valence-corrected chi connectivity index (χ0v) is 13.4. The Bertz CT molecular complexity index is 533. The van der Waals surface area contributed by atoms with Gasteiger partial charge < -0.3 is 15.3 Å². The Labute approximate surface area is 126 Å². The first-order valence-electron chi connectivity index (χ1n) is 7.04. The van der Waals surface area contributed by atoms with Gasteiger partial charge in [-0.05, 0) is 58.4 Å². The largest absolute Gasteiger partial charge is 0.389 e. The van der Waals surface area contributed by atoms with Crippen molar-refractivity contribution in [2.45, 2.75) is 40.2 Å². The second-order valence-corrected chi connectivity index (χ2v) is 5.84. The van der Waals surface area contributed by atoms with Gasteiger partial charge in [-0.2, -0.15) is 0 Å². The molecule has 1 rings (SSSR count). The van der Waals surface area contributed by atoms with Crippen molar-refractivity contribution in [1.29, 1.82) is 0 Å². The third kappa shape index (κ3) is 5.19. The predicted octanol–water partition coefficient (Wildman–Crippen LogP) is 2.82. The van der Waals surface area contributed by atoms with Crippen molar-refractivity contribution < 1.29 is 14.7 Å².